The third-order valence-electron chi connectivity index (χ3n) is 4.19. The van der Waals surface area contributed by atoms with Crippen LogP contribution >= 0.6 is 15.9 Å². The van der Waals surface area contributed by atoms with Crippen molar-refractivity contribution in [3.63, 3.8) is 0 Å². The zero-order valence-corrected chi connectivity index (χ0v) is 13.8. The van der Waals surface area contributed by atoms with Crippen LogP contribution in [-0.4, -0.2) is 24.3 Å². The van der Waals surface area contributed by atoms with E-state index >= 15 is 0 Å². The molecule has 0 atom stereocenters. The van der Waals surface area contributed by atoms with Gasteiger partial charge in [0.15, 0.2) is 11.5 Å². The summed E-state index contributed by atoms with van der Waals surface area (Å²) in [7, 11) is 0. The monoisotopic (exact) mass is 354 g/mol. The number of benzene rings is 1. The second-order valence-corrected chi connectivity index (χ2v) is 7.73. The summed E-state index contributed by atoms with van der Waals surface area (Å²) in [6.07, 6.45) is 2.00. The molecule has 114 valence electrons. The normalized spacial score (nSPS) is 21.5. The third-order valence-corrected chi connectivity index (χ3v) is 4.78. The Morgan fingerprint density at radius 2 is 1.95 bits per heavy atom. The van der Waals surface area contributed by atoms with E-state index in [1.54, 1.807) is 0 Å². The molecule has 0 bridgehead atoms. The first-order valence-electron chi connectivity index (χ1n) is 7.13. The number of rotatable bonds is 3. The van der Waals surface area contributed by atoms with Crippen LogP contribution in [0.15, 0.2) is 16.6 Å². The summed E-state index contributed by atoms with van der Waals surface area (Å²) in [6, 6.07) is 3.94. The molecule has 0 amide bonds. The Hall–Kier alpha value is -1.23. The van der Waals surface area contributed by atoms with Crippen LogP contribution < -0.4 is 9.47 Å². The molecule has 1 heterocycles. The summed E-state index contributed by atoms with van der Waals surface area (Å²) in [4.78, 5) is 11.1. The van der Waals surface area contributed by atoms with Crippen molar-refractivity contribution in [2.75, 3.05) is 13.2 Å². The van der Waals surface area contributed by atoms with Crippen molar-refractivity contribution in [1.82, 2.24) is 0 Å². The number of ether oxygens (including phenoxy) is 2. The first-order valence-corrected chi connectivity index (χ1v) is 7.92. The van der Waals surface area contributed by atoms with E-state index in [0.29, 0.717) is 19.0 Å². The van der Waals surface area contributed by atoms with E-state index in [0.717, 1.165) is 28.6 Å². The van der Waals surface area contributed by atoms with Crippen LogP contribution in [0.4, 0.5) is 0 Å². The molecule has 1 saturated carbocycles. The molecule has 21 heavy (non-hydrogen) atoms. The minimum Gasteiger partial charge on any atom is -0.489 e. The Morgan fingerprint density at radius 3 is 2.57 bits per heavy atom. The molecular formula is C16H19BrO4. The lowest BCUT2D eigenvalue weighted by Crippen LogP contribution is -2.26. The van der Waals surface area contributed by atoms with Gasteiger partial charge < -0.3 is 14.6 Å². The van der Waals surface area contributed by atoms with Crippen molar-refractivity contribution in [1.29, 1.82) is 0 Å². The highest BCUT2D eigenvalue weighted by atomic mass is 79.9. The maximum absolute atomic E-state index is 11.1. The van der Waals surface area contributed by atoms with Gasteiger partial charge in [-0.2, -0.15) is 0 Å². The first kappa shape index (κ1) is 14.7. The van der Waals surface area contributed by atoms with E-state index < -0.39 is 5.97 Å². The number of hydrogen-bond acceptors (Lipinski definition) is 3. The highest BCUT2D eigenvalue weighted by molar-refractivity contribution is 9.10. The topological polar surface area (TPSA) is 55.8 Å². The SMILES string of the molecule is CC1(C)COc2cc(C3(CC(=O)O)CC3)cc(Br)c2OC1. The van der Waals surface area contributed by atoms with Crippen molar-refractivity contribution in [2.45, 2.75) is 38.5 Å². The maximum Gasteiger partial charge on any atom is 0.304 e. The van der Waals surface area contributed by atoms with Crippen LogP contribution in [0, 0.1) is 5.41 Å². The fourth-order valence-electron chi connectivity index (χ4n) is 2.71. The molecular weight excluding hydrogens is 336 g/mol. The quantitative estimate of drug-likeness (QED) is 0.897. The summed E-state index contributed by atoms with van der Waals surface area (Å²) in [6.45, 7) is 5.38. The molecule has 0 saturated heterocycles. The predicted octanol–water partition coefficient (Wildman–Crippen LogP) is 3.75. The minimum atomic E-state index is -0.753. The van der Waals surface area contributed by atoms with Crippen molar-refractivity contribution < 1.29 is 19.4 Å². The molecule has 1 aromatic rings. The molecule has 1 aliphatic carbocycles. The number of carbonyl (C=O) groups is 1. The van der Waals surface area contributed by atoms with E-state index in [1.807, 2.05) is 12.1 Å². The number of fused-ring (bicyclic) bond motifs is 1. The second kappa shape index (κ2) is 4.90. The molecule has 0 radical (unpaired) electrons. The smallest absolute Gasteiger partial charge is 0.304 e. The Kier molecular flexibility index (Phi) is 3.43. The molecule has 4 nitrogen and oxygen atoms in total. The van der Waals surface area contributed by atoms with Gasteiger partial charge in [0.05, 0.1) is 24.1 Å². The number of carboxylic acid groups (broad SMARTS) is 1. The number of hydrogen-bond donors (Lipinski definition) is 1. The van der Waals surface area contributed by atoms with Crippen LogP contribution in [0.25, 0.3) is 0 Å². The van der Waals surface area contributed by atoms with Crippen molar-refractivity contribution in [2.24, 2.45) is 5.41 Å². The fraction of sp³-hybridized carbons (Fsp3) is 0.562. The number of carboxylic acids is 1. The number of halogens is 1. The van der Waals surface area contributed by atoms with Crippen LogP contribution in [0.1, 0.15) is 38.7 Å². The third kappa shape index (κ3) is 2.89. The van der Waals surface area contributed by atoms with Gasteiger partial charge in [-0.3, -0.25) is 4.79 Å². The van der Waals surface area contributed by atoms with Crippen molar-refractivity contribution >= 4 is 21.9 Å². The van der Waals surface area contributed by atoms with Gasteiger partial charge in [0.1, 0.15) is 0 Å². The predicted molar refractivity (Wildman–Crippen MR) is 82.1 cm³/mol. The lowest BCUT2D eigenvalue weighted by Gasteiger charge is -2.19. The molecule has 0 aromatic heterocycles. The van der Waals surface area contributed by atoms with E-state index in [4.69, 9.17) is 14.6 Å². The highest BCUT2D eigenvalue weighted by Crippen LogP contribution is 2.54. The Morgan fingerprint density at radius 1 is 1.29 bits per heavy atom. The standard InChI is InChI=1S/C16H19BrO4/c1-15(2)8-20-12-6-10(5-11(17)14(12)21-9-15)16(3-4-16)7-13(18)19/h5-6H,3-4,7-9H2,1-2H3,(H,18,19). The van der Waals surface area contributed by atoms with Gasteiger partial charge in [-0.15, -0.1) is 0 Å². The molecule has 1 aliphatic heterocycles. The lowest BCUT2D eigenvalue weighted by molar-refractivity contribution is -0.137. The molecule has 0 unspecified atom stereocenters. The lowest BCUT2D eigenvalue weighted by atomic mass is 9.92. The molecule has 1 fully saturated rings. The zero-order chi connectivity index (χ0) is 15.3. The van der Waals surface area contributed by atoms with Gasteiger partial charge in [0, 0.05) is 10.8 Å². The van der Waals surface area contributed by atoms with Crippen LogP contribution in [0.2, 0.25) is 0 Å². The molecule has 5 heteroatoms. The van der Waals surface area contributed by atoms with E-state index in [1.165, 1.54) is 0 Å². The first-order chi connectivity index (χ1) is 9.81. The Labute approximate surface area is 132 Å². The van der Waals surface area contributed by atoms with Gasteiger partial charge in [-0.05, 0) is 46.5 Å². The van der Waals surface area contributed by atoms with E-state index in [9.17, 15) is 4.79 Å². The molecule has 0 spiro atoms. The van der Waals surface area contributed by atoms with Crippen molar-refractivity contribution in [3.05, 3.63) is 22.2 Å². The summed E-state index contributed by atoms with van der Waals surface area (Å²) in [5.74, 6) is 0.675. The molecule has 2 aliphatic rings. The average Bonchev–Trinajstić information content (AvgIpc) is 3.15. The van der Waals surface area contributed by atoms with Gasteiger partial charge in [-0.1, -0.05) is 13.8 Å². The van der Waals surface area contributed by atoms with Gasteiger partial charge in [0.2, 0.25) is 0 Å². The fourth-order valence-corrected chi connectivity index (χ4v) is 3.27. The van der Waals surface area contributed by atoms with Crippen molar-refractivity contribution in [3.8, 4) is 11.5 Å². The summed E-state index contributed by atoms with van der Waals surface area (Å²) in [5.41, 5.74) is 0.754. The Bertz CT molecular complexity index is 590. The summed E-state index contributed by atoms with van der Waals surface area (Å²) < 4.78 is 12.6. The maximum atomic E-state index is 11.1. The van der Waals surface area contributed by atoms with E-state index in [2.05, 4.69) is 29.8 Å². The van der Waals surface area contributed by atoms with Crippen LogP contribution in [0.3, 0.4) is 0 Å². The van der Waals surface area contributed by atoms with Gasteiger partial charge >= 0.3 is 5.97 Å². The average molecular weight is 355 g/mol. The minimum absolute atomic E-state index is 0.0447. The highest BCUT2D eigenvalue weighted by Gasteiger charge is 2.46. The summed E-state index contributed by atoms with van der Waals surface area (Å²) in [5, 5.41) is 9.10. The van der Waals surface area contributed by atoms with Crippen LogP contribution in [0.5, 0.6) is 11.5 Å². The largest absolute Gasteiger partial charge is 0.489 e. The van der Waals surface area contributed by atoms with Crippen LogP contribution in [-0.2, 0) is 10.2 Å². The zero-order valence-electron chi connectivity index (χ0n) is 12.2. The molecule has 1 aromatic carbocycles. The van der Waals surface area contributed by atoms with Gasteiger partial charge in [-0.25, -0.2) is 0 Å². The second-order valence-electron chi connectivity index (χ2n) is 6.88. The van der Waals surface area contributed by atoms with E-state index in [-0.39, 0.29) is 17.3 Å². The molecule has 1 N–H and O–H groups in total. The van der Waals surface area contributed by atoms with Gasteiger partial charge in [0.25, 0.3) is 0 Å². The number of aliphatic carboxylic acids is 1. The summed E-state index contributed by atoms with van der Waals surface area (Å²) >= 11 is 3.54. The molecule has 3 rings (SSSR count). The Balaban J connectivity index is 1.95.